The number of halogens is 1. The number of hydrogen-bond acceptors (Lipinski definition) is 10. The number of rotatable bonds is 12. The minimum absolute atomic E-state index is 0.0565. The van der Waals surface area contributed by atoms with Crippen molar-refractivity contribution >= 4 is 50.5 Å². The van der Waals surface area contributed by atoms with Crippen LogP contribution in [0.25, 0.3) is 0 Å². The molecule has 0 saturated carbocycles. The average molecular weight is 563 g/mol. The number of anilines is 5. The monoisotopic (exact) mass is 562 g/mol. The smallest absolute Gasteiger partial charge is 0.242 e. The summed E-state index contributed by atoms with van der Waals surface area (Å²) in [6, 6.07) is 12.3. The molecule has 38 heavy (non-hydrogen) atoms. The standard InChI is InChI=1S/C25H31ClN6O5S/c1-3-36-13-10-28-38(33,34)23-7-5-4-6-21(23)29-24-19(26)17-27-25(31-24)30-20-9-8-18(16-22(20)35-2)32-11-14-37-15-12-32/h4-9,16-17,28H,3,10-15H2,1-2H3,(H2,27,29,30,31). The summed E-state index contributed by atoms with van der Waals surface area (Å²) < 4.78 is 44.6. The second-order valence-corrected chi connectivity index (χ2v) is 10.4. The van der Waals surface area contributed by atoms with E-state index in [1.54, 1.807) is 25.3 Å². The van der Waals surface area contributed by atoms with Crippen molar-refractivity contribution in [3.05, 3.63) is 53.7 Å². The van der Waals surface area contributed by atoms with E-state index in [0.717, 1.165) is 18.8 Å². The van der Waals surface area contributed by atoms with Gasteiger partial charge in [0.1, 0.15) is 15.7 Å². The van der Waals surface area contributed by atoms with E-state index in [-0.39, 0.29) is 34.8 Å². The topological polar surface area (TPSA) is 127 Å². The van der Waals surface area contributed by atoms with Gasteiger partial charge in [-0.05, 0) is 31.2 Å². The van der Waals surface area contributed by atoms with Crippen molar-refractivity contribution in [1.82, 2.24) is 14.7 Å². The summed E-state index contributed by atoms with van der Waals surface area (Å²) in [4.78, 5) is 11.0. The van der Waals surface area contributed by atoms with Gasteiger partial charge in [-0.1, -0.05) is 23.7 Å². The van der Waals surface area contributed by atoms with E-state index >= 15 is 0 Å². The Kier molecular flexibility index (Phi) is 9.58. The van der Waals surface area contributed by atoms with Crippen LogP contribution in [-0.2, 0) is 19.5 Å². The molecule has 204 valence electrons. The first-order chi connectivity index (χ1) is 18.4. The molecular formula is C25H31ClN6O5S. The van der Waals surface area contributed by atoms with Gasteiger partial charge in [-0.3, -0.25) is 0 Å². The Morgan fingerprint density at radius 1 is 1.11 bits per heavy atom. The number of sulfonamides is 1. The third-order valence-electron chi connectivity index (χ3n) is 5.72. The molecule has 3 N–H and O–H groups in total. The fourth-order valence-electron chi connectivity index (χ4n) is 3.84. The molecule has 1 aromatic heterocycles. The Labute approximate surface area is 227 Å². The third kappa shape index (κ3) is 7.03. The maximum Gasteiger partial charge on any atom is 0.242 e. The van der Waals surface area contributed by atoms with Gasteiger partial charge in [0, 0.05) is 38.0 Å². The average Bonchev–Trinajstić information content (AvgIpc) is 2.94. The second-order valence-electron chi connectivity index (χ2n) is 8.22. The van der Waals surface area contributed by atoms with E-state index in [1.807, 2.05) is 25.1 Å². The van der Waals surface area contributed by atoms with Gasteiger partial charge in [-0.25, -0.2) is 18.1 Å². The lowest BCUT2D eigenvalue weighted by Gasteiger charge is -2.29. The summed E-state index contributed by atoms with van der Waals surface area (Å²) in [7, 11) is -2.21. The fourth-order valence-corrected chi connectivity index (χ4v) is 5.15. The normalized spacial score (nSPS) is 13.8. The van der Waals surface area contributed by atoms with Crippen LogP contribution in [0.5, 0.6) is 5.75 Å². The van der Waals surface area contributed by atoms with Gasteiger partial charge in [0.2, 0.25) is 16.0 Å². The largest absolute Gasteiger partial charge is 0.494 e. The molecule has 2 heterocycles. The molecule has 11 nitrogen and oxygen atoms in total. The number of morpholine rings is 1. The molecule has 0 unspecified atom stereocenters. The van der Waals surface area contributed by atoms with Crippen molar-refractivity contribution in [3.8, 4) is 5.75 Å². The van der Waals surface area contributed by atoms with E-state index in [1.165, 1.54) is 12.3 Å². The molecule has 13 heteroatoms. The number of aromatic nitrogens is 2. The zero-order valence-corrected chi connectivity index (χ0v) is 22.8. The number of ether oxygens (including phenoxy) is 3. The Hall–Kier alpha value is -3.16. The number of hydrogen-bond donors (Lipinski definition) is 3. The van der Waals surface area contributed by atoms with Crippen LogP contribution in [0.4, 0.5) is 28.8 Å². The zero-order chi connectivity index (χ0) is 27.0. The summed E-state index contributed by atoms with van der Waals surface area (Å²) >= 11 is 6.36. The van der Waals surface area contributed by atoms with Crippen molar-refractivity contribution in [2.24, 2.45) is 0 Å². The quantitative estimate of drug-likeness (QED) is 0.281. The van der Waals surface area contributed by atoms with Crippen molar-refractivity contribution in [1.29, 1.82) is 0 Å². The van der Waals surface area contributed by atoms with Crippen LogP contribution in [0, 0.1) is 0 Å². The number of para-hydroxylation sites is 1. The molecule has 0 aliphatic carbocycles. The molecule has 1 saturated heterocycles. The third-order valence-corrected chi connectivity index (χ3v) is 7.52. The molecule has 4 rings (SSSR count). The van der Waals surface area contributed by atoms with E-state index in [4.69, 9.17) is 25.8 Å². The number of benzene rings is 2. The van der Waals surface area contributed by atoms with Crippen LogP contribution < -0.4 is 25.0 Å². The maximum absolute atomic E-state index is 12.9. The highest BCUT2D eigenvalue weighted by Crippen LogP contribution is 2.33. The van der Waals surface area contributed by atoms with Gasteiger partial charge in [-0.15, -0.1) is 0 Å². The van der Waals surface area contributed by atoms with Gasteiger partial charge in [0.15, 0.2) is 5.82 Å². The van der Waals surface area contributed by atoms with Crippen LogP contribution in [0.15, 0.2) is 53.6 Å². The van der Waals surface area contributed by atoms with Gasteiger partial charge in [-0.2, -0.15) is 4.98 Å². The van der Waals surface area contributed by atoms with E-state index in [9.17, 15) is 8.42 Å². The molecular weight excluding hydrogens is 532 g/mol. The van der Waals surface area contributed by atoms with Gasteiger partial charge >= 0.3 is 0 Å². The summed E-state index contributed by atoms with van der Waals surface area (Å²) in [5.74, 6) is 1.12. The molecule has 0 bridgehead atoms. The summed E-state index contributed by atoms with van der Waals surface area (Å²) in [5.41, 5.74) is 2.01. The molecule has 0 spiro atoms. The lowest BCUT2D eigenvalue weighted by Crippen LogP contribution is -2.36. The van der Waals surface area contributed by atoms with E-state index in [2.05, 4.69) is 30.2 Å². The highest BCUT2D eigenvalue weighted by molar-refractivity contribution is 7.89. The molecule has 0 atom stereocenters. The Morgan fingerprint density at radius 3 is 2.66 bits per heavy atom. The van der Waals surface area contributed by atoms with Gasteiger partial charge < -0.3 is 29.7 Å². The lowest BCUT2D eigenvalue weighted by atomic mass is 10.2. The molecule has 1 aliphatic heterocycles. The first kappa shape index (κ1) is 27.9. The van der Waals surface area contributed by atoms with Gasteiger partial charge in [0.25, 0.3) is 0 Å². The number of nitrogens with zero attached hydrogens (tertiary/aromatic N) is 3. The van der Waals surface area contributed by atoms with Crippen molar-refractivity contribution in [3.63, 3.8) is 0 Å². The van der Waals surface area contributed by atoms with Gasteiger partial charge in [0.05, 0.1) is 44.5 Å². The first-order valence-electron chi connectivity index (χ1n) is 12.1. The number of methoxy groups -OCH3 is 1. The second kappa shape index (κ2) is 13.1. The van der Waals surface area contributed by atoms with Crippen LogP contribution in [0.1, 0.15) is 6.92 Å². The predicted molar refractivity (Wildman–Crippen MR) is 148 cm³/mol. The SMILES string of the molecule is CCOCCNS(=O)(=O)c1ccccc1Nc1nc(Nc2ccc(N3CCOCC3)cc2OC)ncc1Cl. The van der Waals surface area contributed by atoms with Crippen LogP contribution in [-0.4, -0.2) is 71.6 Å². The summed E-state index contributed by atoms with van der Waals surface area (Å²) in [6.45, 7) is 5.77. The van der Waals surface area contributed by atoms with Crippen LogP contribution in [0.2, 0.25) is 5.02 Å². The minimum atomic E-state index is -3.81. The predicted octanol–water partition coefficient (Wildman–Crippen LogP) is 3.78. The molecule has 0 amide bonds. The van der Waals surface area contributed by atoms with E-state index < -0.39 is 10.0 Å². The van der Waals surface area contributed by atoms with Crippen LogP contribution >= 0.6 is 11.6 Å². The zero-order valence-electron chi connectivity index (χ0n) is 21.2. The Morgan fingerprint density at radius 2 is 1.89 bits per heavy atom. The molecule has 2 aromatic carbocycles. The lowest BCUT2D eigenvalue weighted by molar-refractivity contribution is 0.122. The maximum atomic E-state index is 12.9. The molecule has 0 radical (unpaired) electrons. The summed E-state index contributed by atoms with van der Waals surface area (Å²) in [5, 5.41) is 6.41. The van der Waals surface area contributed by atoms with Crippen LogP contribution in [0.3, 0.4) is 0 Å². The molecule has 3 aromatic rings. The summed E-state index contributed by atoms with van der Waals surface area (Å²) in [6.07, 6.45) is 1.44. The fraction of sp³-hybridized carbons (Fsp3) is 0.360. The first-order valence-corrected chi connectivity index (χ1v) is 14.0. The van der Waals surface area contributed by atoms with Crippen molar-refractivity contribution in [2.45, 2.75) is 11.8 Å². The van der Waals surface area contributed by atoms with Crippen molar-refractivity contribution < 1.29 is 22.6 Å². The molecule has 1 aliphatic rings. The Bertz CT molecular complexity index is 1340. The highest BCUT2D eigenvalue weighted by atomic mass is 35.5. The number of nitrogens with one attached hydrogen (secondary N) is 3. The van der Waals surface area contributed by atoms with E-state index in [0.29, 0.717) is 36.9 Å². The van der Waals surface area contributed by atoms with Crippen molar-refractivity contribution in [2.75, 3.05) is 68.7 Å². The Balaban J connectivity index is 1.53. The molecule has 1 fully saturated rings. The highest BCUT2D eigenvalue weighted by Gasteiger charge is 2.20. The minimum Gasteiger partial charge on any atom is -0.494 e.